The van der Waals surface area contributed by atoms with Gasteiger partial charge in [-0.15, -0.1) is 0 Å². The molecule has 0 saturated carbocycles. The summed E-state index contributed by atoms with van der Waals surface area (Å²) >= 11 is 2.63. The van der Waals surface area contributed by atoms with Crippen LogP contribution in [0.15, 0.2) is 0 Å². The second kappa shape index (κ2) is 4.69. The highest BCUT2D eigenvalue weighted by molar-refractivity contribution is 9.06. The van der Waals surface area contributed by atoms with Gasteiger partial charge in [-0.1, -0.05) is 0 Å². The molecule has 64 valence electrons. The standard InChI is InChI=1S/C6H10BrNO3/c7-11-6(9)5-8-1-3-10-4-2-8/h1-5H2. The van der Waals surface area contributed by atoms with E-state index in [1.165, 1.54) is 0 Å². The molecule has 1 fully saturated rings. The zero-order valence-corrected chi connectivity index (χ0v) is 7.67. The van der Waals surface area contributed by atoms with Gasteiger partial charge in [-0.05, 0) is 0 Å². The van der Waals surface area contributed by atoms with Gasteiger partial charge in [0.05, 0.1) is 19.8 Å². The van der Waals surface area contributed by atoms with Crippen LogP contribution in [0.3, 0.4) is 0 Å². The SMILES string of the molecule is O=C(CN1CCOCC1)OBr. The molecule has 0 aromatic rings. The lowest BCUT2D eigenvalue weighted by Crippen LogP contribution is -2.39. The minimum Gasteiger partial charge on any atom is -0.383 e. The summed E-state index contributed by atoms with van der Waals surface area (Å²) in [7, 11) is 0. The van der Waals surface area contributed by atoms with Crippen molar-refractivity contribution in [3.8, 4) is 0 Å². The van der Waals surface area contributed by atoms with E-state index in [1.54, 1.807) is 0 Å². The van der Waals surface area contributed by atoms with Crippen LogP contribution in [0.2, 0.25) is 0 Å². The topological polar surface area (TPSA) is 38.8 Å². The smallest absolute Gasteiger partial charge is 0.331 e. The summed E-state index contributed by atoms with van der Waals surface area (Å²) < 4.78 is 9.45. The maximum Gasteiger partial charge on any atom is 0.331 e. The molecular weight excluding hydrogens is 214 g/mol. The van der Waals surface area contributed by atoms with E-state index in [2.05, 4.69) is 20.1 Å². The Morgan fingerprint density at radius 2 is 2.18 bits per heavy atom. The van der Waals surface area contributed by atoms with Crippen molar-refractivity contribution in [3.63, 3.8) is 0 Å². The van der Waals surface area contributed by atoms with Gasteiger partial charge >= 0.3 is 5.97 Å². The van der Waals surface area contributed by atoms with Crippen LogP contribution in [-0.2, 0) is 13.4 Å². The Bertz CT molecular complexity index is 136. The Morgan fingerprint density at radius 1 is 1.55 bits per heavy atom. The minimum atomic E-state index is -0.257. The zero-order valence-electron chi connectivity index (χ0n) is 6.09. The summed E-state index contributed by atoms with van der Waals surface area (Å²) in [6, 6.07) is 0. The molecular formula is C6H10BrNO3. The number of carbonyl (C=O) groups excluding carboxylic acids is 1. The molecule has 0 spiro atoms. The largest absolute Gasteiger partial charge is 0.383 e. The first-order valence-electron chi connectivity index (χ1n) is 3.44. The number of carbonyl (C=O) groups is 1. The molecule has 4 nitrogen and oxygen atoms in total. The molecule has 0 amide bonds. The third kappa shape index (κ3) is 3.18. The maximum atomic E-state index is 10.7. The van der Waals surface area contributed by atoms with Gasteiger partial charge in [0, 0.05) is 13.1 Å². The minimum absolute atomic E-state index is 0.257. The number of nitrogens with zero attached hydrogens (tertiary/aromatic N) is 1. The maximum absolute atomic E-state index is 10.7. The van der Waals surface area contributed by atoms with Gasteiger partial charge in [-0.3, -0.25) is 4.90 Å². The van der Waals surface area contributed by atoms with Crippen LogP contribution in [-0.4, -0.2) is 43.7 Å². The van der Waals surface area contributed by atoms with Crippen LogP contribution in [0, 0.1) is 0 Å². The summed E-state index contributed by atoms with van der Waals surface area (Å²) in [6.45, 7) is 3.37. The average molecular weight is 224 g/mol. The quantitative estimate of drug-likeness (QED) is 0.670. The Balaban J connectivity index is 2.19. The number of hydrogen-bond acceptors (Lipinski definition) is 4. The summed E-state index contributed by atoms with van der Waals surface area (Å²) in [5, 5.41) is 0. The molecule has 0 aliphatic carbocycles. The van der Waals surface area contributed by atoms with Crippen LogP contribution in [0.1, 0.15) is 0 Å². The molecule has 5 heteroatoms. The first-order valence-corrected chi connectivity index (χ1v) is 4.09. The van der Waals surface area contributed by atoms with Crippen LogP contribution >= 0.6 is 16.3 Å². The van der Waals surface area contributed by atoms with E-state index >= 15 is 0 Å². The summed E-state index contributed by atoms with van der Waals surface area (Å²) in [5.74, 6) is -0.257. The van der Waals surface area contributed by atoms with Gasteiger partial charge < -0.3 is 8.57 Å². The molecule has 1 heterocycles. The van der Waals surface area contributed by atoms with Gasteiger partial charge in [-0.2, -0.15) is 0 Å². The second-order valence-electron chi connectivity index (χ2n) is 2.34. The lowest BCUT2D eigenvalue weighted by molar-refractivity contribution is -0.134. The van der Waals surface area contributed by atoms with E-state index in [0.29, 0.717) is 19.8 Å². The number of morpholine rings is 1. The molecule has 1 rings (SSSR count). The van der Waals surface area contributed by atoms with E-state index in [9.17, 15) is 4.79 Å². The van der Waals surface area contributed by atoms with E-state index in [-0.39, 0.29) is 5.97 Å². The molecule has 0 N–H and O–H groups in total. The van der Waals surface area contributed by atoms with Crippen LogP contribution < -0.4 is 0 Å². The Hall–Kier alpha value is -0.130. The van der Waals surface area contributed by atoms with E-state index in [1.807, 2.05) is 4.90 Å². The fourth-order valence-corrected chi connectivity index (χ4v) is 1.07. The van der Waals surface area contributed by atoms with E-state index in [0.717, 1.165) is 13.1 Å². The normalized spacial score (nSPS) is 19.7. The number of rotatable bonds is 2. The van der Waals surface area contributed by atoms with Crippen LogP contribution in [0.5, 0.6) is 0 Å². The van der Waals surface area contributed by atoms with Gasteiger partial charge in [-0.25, -0.2) is 4.79 Å². The molecule has 0 radical (unpaired) electrons. The van der Waals surface area contributed by atoms with Gasteiger partial charge in [0.25, 0.3) is 0 Å². The molecule has 0 atom stereocenters. The monoisotopic (exact) mass is 223 g/mol. The molecule has 0 bridgehead atoms. The van der Waals surface area contributed by atoms with Crippen molar-refractivity contribution in [2.75, 3.05) is 32.8 Å². The predicted octanol–water partition coefficient (Wildman–Crippen LogP) is 0.172. The van der Waals surface area contributed by atoms with E-state index < -0.39 is 0 Å². The van der Waals surface area contributed by atoms with Gasteiger partial charge in [0.15, 0.2) is 16.3 Å². The Morgan fingerprint density at radius 3 is 2.73 bits per heavy atom. The average Bonchev–Trinajstić information content (AvgIpc) is 2.06. The van der Waals surface area contributed by atoms with Crippen LogP contribution in [0.4, 0.5) is 0 Å². The van der Waals surface area contributed by atoms with Gasteiger partial charge in [0.2, 0.25) is 0 Å². The van der Waals surface area contributed by atoms with Crippen molar-refractivity contribution in [1.82, 2.24) is 4.90 Å². The third-order valence-corrected chi connectivity index (χ3v) is 1.90. The summed E-state index contributed by atoms with van der Waals surface area (Å²) in [6.07, 6.45) is 0. The number of hydrogen-bond donors (Lipinski definition) is 0. The molecule has 1 aliphatic heterocycles. The van der Waals surface area contributed by atoms with Crippen molar-refractivity contribution < 1.29 is 13.4 Å². The highest BCUT2D eigenvalue weighted by Crippen LogP contribution is 1.97. The molecule has 0 unspecified atom stereocenters. The third-order valence-electron chi connectivity index (χ3n) is 1.54. The molecule has 11 heavy (non-hydrogen) atoms. The Kier molecular flexibility index (Phi) is 3.82. The summed E-state index contributed by atoms with van der Waals surface area (Å²) in [4.78, 5) is 12.7. The van der Waals surface area contributed by atoms with E-state index in [4.69, 9.17) is 4.74 Å². The van der Waals surface area contributed by atoms with Crippen molar-refractivity contribution in [2.24, 2.45) is 0 Å². The first kappa shape index (κ1) is 8.96. The van der Waals surface area contributed by atoms with Crippen molar-refractivity contribution in [1.29, 1.82) is 0 Å². The highest BCUT2D eigenvalue weighted by Gasteiger charge is 2.13. The van der Waals surface area contributed by atoms with Crippen molar-refractivity contribution in [2.45, 2.75) is 0 Å². The molecule has 1 saturated heterocycles. The van der Waals surface area contributed by atoms with Crippen LogP contribution in [0.25, 0.3) is 0 Å². The van der Waals surface area contributed by atoms with Crippen molar-refractivity contribution in [3.05, 3.63) is 0 Å². The lowest BCUT2D eigenvalue weighted by atomic mass is 10.4. The lowest BCUT2D eigenvalue weighted by Gasteiger charge is -2.24. The predicted molar refractivity (Wildman–Crippen MR) is 42.3 cm³/mol. The summed E-state index contributed by atoms with van der Waals surface area (Å²) in [5.41, 5.74) is 0. The molecule has 0 aromatic carbocycles. The molecule has 1 aliphatic rings. The molecule has 0 aromatic heterocycles. The highest BCUT2D eigenvalue weighted by atomic mass is 79.9. The fraction of sp³-hybridized carbons (Fsp3) is 0.833. The first-order chi connectivity index (χ1) is 5.33. The zero-order chi connectivity index (χ0) is 8.10. The fourth-order valence-electron chi connectivity index (χ4n) is 0.966. The van der Waals surface area contributed by atoms with Crippen molar-refractivity contribution >= 4 is 22.2 Å². The van der Waals surface area contributed by atoms with Gasteiger partial charge in [0.1, 0.15) is 0 Å². The Labute approximate surface area is 73.9 Å². The number of ether oxygens (including phenoxy) is 1. The number of halogens is 1. The second-order valence-corrected chi connectivity index (χ2v) is 2.66.